The monoisotopic (exact) mass is 452 g/mol. The fraction of sp³-hybridized carbons (Fsp3) is 0.208. The third-order valence-electron chi connectivity index (χ3n) is 5.76. The van der Waals surface area contributed by atoms with E-state index in [1.165, 1.54) is 7.11 Å². The smallest absolute Gasteiger partial charge is 0.214 e. The lowest BCUT2D eigenvalue weighted by atomic mass is 9.95. The zero-order valence-electron chi connectivity index (χ0n) is 17.4. The van der Waals surface area contributed by atoms with Crippen LogP contribution < -0.4 is 14.2 Å². The molecule has 0 spiro atoms. The topological polar surface area (TPSA) is 83.8 Å². The minimum atomic E-state index is -0.600. The molecule has 0 bridgehead atoms. The van der Waals surface area contributed by atoms with E-state index >= 15 is 0 Å². The number of para-hydroxylation sites is 1. The van der Waals surface area contributed by atoms with E-state index < -0.39 is 6.23 Å². The number of hydrogen-bond acceptors (Lipinski definition) is 7. The number of methoxy groups -OCH3 is 2. The summed E-state index contributed by atoms with van der Waals surface area (Å²) < 4.78 is 17.2. The lowest BCUT2D eigenvalue weighted by Crippen LogP contribution is -2.33. The van der Waals surface area contributed by atoms with Crippen LogP contribution in [0, 0.1) is 0 Å². The van der Waals surface area contributed by atoms with E-state index in [9.17, 15) is 10.2 Å². The summed E-state index contributed by atoms with van der Waals surface area (Å²) in [6, 6.07) is 15.6. The van der Waals surface area contributed by atoms with Crippen LogP contribution in [-0.2, 0) is 0 Å². The lowest BCUT2D eigenvalue weighted by Gasteiger charge is -2.38. The number of nitrogens with zero attached hydrogens (tertiary/aromatic N) is 2. The minimum Gasteiger partial charge on any atom is -0.507 e. The number of hydrogen-bond donors (Lipinski definition) is 2. The van der Waals surface area contributed by atoms with Crippen molar-refractivity contribution in [3.05, 3.63) is 76.3 Å². The molecule has 7 nitrogen and oxygen atoms in total. The van der Waals surface area contributed by atoms with Crippen LogP contribution in [0.5, 0.6) is 28.7 Å². The summed E-state index contributed by atoms with van der Waals surface area (Å²) >= 11 is 6.18. The van der Waals surface area contributed by atoms with E-state index in [2.05, 4.69) is 0 Å². The average Bonchev–Trinajstić information content (AvgIpc) is 3.25. The van der Waals surface area contributed by atoms with E-state index in [1.807, 2.05) is 23.2 Å². The van der Waals surface area contributed by atoms with Crippen LogP contribution >= 0.6 is 11.6 Å². The molecule has 3 aromatic carbocycles. The highest BCUT2D eigenvalue weighted by Crippen LogP contribution is 2.51. The molecule has 164 valence electrons. The van der Waals surface area contributed by atoms with Crippen molar-refractivity contribution in [2.24, 2.45) is 5.10 Å². The zero-order chi connectivity index (χ0) is 22.4. The summed E-state index contributed by atoms with van der Waals surface area (Å²) in [7, 11) is 3.10. The van der Waals surface area contributed by atoms with E-state index in [-0.39, 0.29) is 17.5 Å². The number of hydrazone groups is 1. The Bertz CT molecular complexity index is 1230. The first-order valence-corrected chi connectivity index (χ1v) is 10.4. The van der Waals surface area contributed by atoms with Gasteiger partial charge in [-0.15, -0.1) is 0 Å². The fourth-order valence-corrected chi connectivity index (χ4v) is 4.39. The van der Waals surface area contributed by atoms with E-state index in [1.54, 1.807) is 43.5 Å². The predicted molar refractivity (Wildman–Crippen MR) is 120 cm³/mol. The van der Waals surface area contributed by atoms with Gasteiger partial charge >= 0.3 is 0 Å². The van der Waals surface area contributed by atoms with Crippen molar-refractivity contribution in [1.82, 2.24) is 5.01 Å². The number of aromatic hydroxyl groups is 2. The normalized spacial score (nSPS) is 19.0. The molecule has 0 saturated carbocycles. The van der Waals surface area contributed by atoms with Gasteiger partial charge in [0.05, 0.1) is 26.0 Å². The predicted octanol–water partition coefficient (Wildman–Crippen LogP) is 5.01. The number of fused-ring (bicyclic) bond motifs is 3. The second-order valence-corrected chi connectivity index (χ2v) is 8.02. The molecule has 0 radical (unpaired) electrons. The Morgan fingerprint density at radius 1 is 1.00 bits per heavy atom. The molecular weight excluding hydrogens is 432 g/mol. The van der Waals surface area contributed by atoms with Crippen LogP contribution in [0.3, 0.4) is 0 Å². The molecule has 2 heterocycles. The highest BCUT2D eigenvalue weighted by molar-refractivity contribution is 6.31. The highest BCUT2D eigenvalue weighted by Gasteiger charge is 2.42. The number of phenols is 2. The SMILES string of the molecule is COc1cc([C@H]2Oc3c(OC)cccc3[C@H]3CC(c4cc(Cl)ccc4O)=NN32)ccc1O. The molecule has 2 aliphatic heterocycles. The molecule has 3 aromatic rings. The van der Waals surface area contributed by atoms with Crippen molar-refractivity contribution in [1.29, 1.82) is 0 Å². The van der Waals surface area contributed by atoms with Gasteiger partial charge in [-0.25, -0.2) is 5.01 Å². The van der Waals surface area contributed by atoms with Crippen molar-refractivity contribution in [3.63, 3.8) is 0 Å². The molecule has 0 aromatic heterocycles. The summed E-state index contributed by atoms with van der Waals surface area (Å²) in [5, 5.41) is 27.7. The Labute approximate surface area is 190 Å². The molecular formula is C24H21ClN2O5. The van der Waals surface area contributed by atoms with Crippen molar-refractivity contribution in [2.75, 3.05) is 14.2 Å². The summed E-state index contributed by atoms with van der Waals surface area (Å²) in [4.78, 5) is 0. The molecule has 0 saturated heterocycles. The van der Waals surface area contributed by atoms with Gasteiger partial charge in [-0.2, -0.15) is 5.10 Å². The average molecular weight is 453 g/mol. The summed E-state index contributed by atoms with van der Waals surface area (Å²) in [6.45, 7) is 0. The lowest BCUT2D eigenvalue weighted by molar-refractivity contribution is -0.0210. The maximum absolute atomic E-state index is 10.4. The fourth-order valence-electron chi connectivity index (χ4n) is 4.21. The van der Waals surface area contributed by atoms with Gasteiger partial charge in [-0.05, 0) is 42.5 Å². The third-order valence-corrected chi connectivity index (χ3v) is 5.99. The summed E-state index contributed by atoms with van der Waals surface area (Å²) in [6.07, 6.45) is -0.0551. The van der Waals surface area contributed by atoms with Gasteiger partial charge in [0.1, 0.15) is 5.75 Å². The highest BCUT2D eigenvalue weighted by atomic mass is 35.5. The van der Waals surface area contributed by atoms with Crippen molar-refractivity contribution in [2.45, 2.75) is 18.7 Å². The number of rotatable bonds is 4. The largest absolute Gasteiger partial charge is 0.507 e. The number of halogens is 1. The Balaban J connectivity index is 1.65. The molecule has 0 amide bonds. The Morgan fingerprint density at radius 3 is 2.56 bits per heavy atom. The second-order valence-electron chi connectivity index (χ2n) is 7.59. The van der Waals surface area contributed by atoms with Crippen LogP contribution in [-0.4, -0.2) is 35.2 Å². The first-order chi connectivity index (χ1) is 15.5. The van der Waals surface area contributed by atoms with E-state index in [4.69, 9.17) is 30.9 Å². The number of ether oxygens (including phenoxy) is 3. The van der Waals surface area contributed by atoms with Crippen molar-refractivity contribution < 1.29 is 24.4 Å². The zero-order valence-corrected chi connectivity index (χ0v) is 18.2. The standard InChI is InChI=1S/C24H21ClN2O5/c1-30-21-5-3-4-15-18-12-17(16-11-14(25)7-9-19(16)28)26-27(18)24(32-23(15)21)13-6-8-20(29)22(10-13)31-2/h3-11,18,24,28-29H,12H2,1-2H3/t18-,24-/m1/s1. The van der Waals surface area contributed by atoms with Gasteiger partial charge in [-0.1, -0.05) is 23.7 Å². The van der Waals surface area contributed by atoms with E-state index in [0.29, 0.717) is 40.0 Å². The molecule has 2 atom stereocenters. The Morgan fingerprint density at radius 2 is 1.78 bits per heavy atom. The molecule has 8 heteroatoms. The van der Waals surface area contributed by atoms with Crippen LogP contribution in [0.15, 0.2) is 59.7 Å². The second kappa shape index (κ2) is 7.84. The maximum atomic E-state index is 10.4. The minimum absolute atomic E-state index is 0.0380. The molecule has 0 unspecified atom stereocenters. The maximum Gasteiger partial charge on any atom is 0.214 e. The Hall–Kier alpha value is -3.58. The molecule has 0 aliphatic carbocycles. The third kappa shape index (κ3) is 3.26. The van der Waals surface area contributed by atoms with Crippen LogP contribution in [0.1, 0.15) is 35.4 Å². The van der Waals surface area contributed by atoms with Crippen LogP contribution in [0.25, 0.3) is 0 Å². The summed E-state index contributed by atoms with van der Waals surface area (Å²) in [5.41, 5.74) is 2.97. The quantitative estimate of drug-likeness (QED) is 0.579. The van der Waals surface area contributed by atoms with Gasteiger partial charge in [0.25, 0.3) is 0 Å². The first kappa shape index (κ1) is 20.3. The van der Waals surface area contributed by atoms with Gasteiger partial charge in [0, 0.05) is 28.1 Å². The van der Waals surface area contributed by atoms with Gasteiger partial charge in [0.2, 0.25) is 6.23 Å². The summed E-state index contributed by atoms with van der Waals surface area (Å²) in [5.74, 6) is 1.75. The van der Waals surface area contributed by atoms with Gasteiger partial charge in [0.15, 0.2) is 23.0 Å². The first-order valence-electron chi connectivity index (χ1n) is 10.1. The molecule has 2 N–H and O–H groups in total. The molecule has 32 heavy (non-hydrogen) atoms. The number of phenolic OH excluding ortho intramolecular Hbond substituents is 2. The van der Waals surface area contributed by atoms with Gasteiger partial charge in [-0.3, -0.25) is 0 Å². The molecule has 0 fully saturated rings. The molecule has 2 aliphatic rings. The van der Waals surface area contributed by atoms with Crippen molar-refractivity contribution in [3.8, 4) is 28.7 Å². The Kier molecular flexibility index (Phi) is 4.98. The van der Waals surface area contributed by atoms with Gasteiger partial charge < -0.3 is 24.4 Å². The van der Waals surface area contributed by atoms with Crippen molar-refractivity contribution >= 4 is 17.3 Å². The molecule has 5 rings (SSSR count). The van der Waals surface area contributed by atoms with Crippen LogP contribution in [0.2, 0.25) is 5.02 Å². The van der Waals surface area contributed by atoms with E-state index in [0.717, 1.165) is 11.1 Å². The number of benzene rings is 3. The van der Waals surface area contributed by atoms with Crippen LogP contribution in [0.4, 0.5) is 0 Å².